The first kappa shape index (κ1) is 9.97. The lowest BCUT2D eigenvalue weighted by Gasteiger charge is -2.40. The van der Waals surface area contributed by atoms with Crippen molar-refractivity contribution >= 4 is 5.91 Å². The molecule has 0 aromatic carbocycles. The second-order valence-corrected chi connectivity index (χ2v) is 4.59. The van der Waals surface area contributed by atoms with Crippen molar-refractivity contribution in [3.63, 3.8) is 0 Å². The summed E-state index contributed by atoms with van der Waals surface area (Å²) in [6.07, 6.45) is 5.15. The molecule has 1 N–H and O–H groups in total. The van der Waals surface area contributed by atoms with Crippen LogP contribution in [0, 0.1) is 5.92 Å². The Labute approximate surface area is 85.8 Å². The molecule has 2 fully saturated rings. The SMILES string of the molecule is CC1CCCCC1N1CCNCC1=O. The lowest BCUT2D eigenvalue weighted by atomic mass is 9.84. The molecule has 0 spiro atoms. The number of nitrogens with zero attached hydrogens (tertiary/aromatic N) is 1. The minimum atomic E-state index is 0.301. The van der Waals surface area contributed by atoms with Gasteiger partial charge in [0.2, 0.25) is 5.91 Å². The number of amides is 1. The van der Waals surface area contributed by atoms with Crippen LogP contribution >= 0.6 is 0 Å². The van der Waals surface area contributed by atoms with Crippen molar-refractivity contribution in [2.75, 3.05) is 19.6 Å². The second-order valence-electron chi connectivity index (χ2n) is 4.59. The van der Waals surface area contributed by atoms with Gasteiger partial charge in [0.25, 0.3) is 0 Å². The van der Waals surface area contributed by atoms with Crippen molar-refractivity contribution in [2.24, 2.45) is 5.92 Å². The Bertz CT molecular complexity index is 217. The van der Waals surface area contributed by atoms with Gasteiger partial charge in [-0.1, -0.05) is 19.8 Å². The standard InChI is InChI=1S/C11H20N2O/c1-9-4-2-3-5-10(9)13-7-6-12-8-11(13)14/h9-10,12H,2-8H2,1H3. The molecular weight excluding hydrogens is 176 g/mol. The average molecular weight is 196 g/mol. The molecule has 1 aliphatic carbocycles. The maximum atomic E-state index is 11.7. The van der Waals surface area contributed by atoms with Crippen LogP contribution in [0.1, 0.15) is 32.6 Å². The molecule has 0 aromatic rings. The van der Waals surface area contributed by atoms with Crippen molar-refractivity contribution in [1.82, 2.24) is 10.2 Å². The van der Waals surface area contributed by atoms with E-state index in [9.17, 15) is 4.79 Å². The van der Waals surface area contributed by atoms with E-state index in [0.717, 1.165) is 13.1 Å². The van der Waals surface area contributed by atoms with Gasteiger partial charge in [-0.25, -0.2) is 0 Å². The highest BCUT2D eigenvalue weighted by Crippen LogP contribution is 2.28. The van der Waals surface area contributed by atoms with E-state index >= 15 is 0 Å². The van der Waals surface area contributed by atoms with Gasteiger partial charge in [0, 0.05) is 19.1 Å². The number of carbonyl (C=O) groups is 1. The topological polar surface area (TPSA) is 32.3 Å². The molecule has 14 heavy (non-hydrogen) atoms. The van der Waals surface area contributed by atoms with Crippen LogP contribution in [0.4, 0.5) is 0 Å². The van der Waals surface area contributed by atoms with Gasteiger partial charge in [-0.2, -0.15) is 0 Å². The zero-order chi connectivity index (χ0) is 9.97. The van der Waals surface area contributed by atoms with Crippen LogP contribution in [0.5, 0.6) is 0 Å². The Morgan fingerprint density at radius 3 is 2.86 bits per heavy atom. The van der Waals surface area contributed by atoms with E-state index in [2.05, 4.69) is 17.1 Å². The van der Waals surface area contributed by atoms with Crippen molar-refractivity contribution < 1.29 is 4.79 Å². The molecule has 2 aliphatic rings. The minimum Gasteiger partial charge on any atom is -0.337 e. The number of rotatable bonds is 1. The summed E-state index contributed by atoms with van der Waals surface area (Å²) in [5.41, 5.74) is 0. The summed E-state index contributed by atoms with van der Waals surface area (Å²) in [7, 11) is 0. The van der Waals surface area contributed by atoms with Crippen molar-refractivity contribution in [3.8, 4) is 0 Å². The van der Waals surface area contributed by atoms with Gasteiger partial charge in [-0.3, -0.25) is 4.79 Å². The van der Waals surface area contributed by atoms with E-state index < -0.39 is 0 Å². The van der Waals surface area contributed by atoms with E-state index in [4.69, 9.17) is 0 Å². The molecule has 1 saturated heterocycles. The highest BCUT2D eigenvalue weighted by Gasteiger charge is 2.31. The fourth-order valence-corrected chi connectivity index (χ4v) is 2.73. The van der Waals surface area contributed by atoms with Crippen LogP contribution in [0.2, 0.25) is 0 Å². The van der Waals surface area contributed by atoms with E-state index in [1.54, 1.807) is 0 Å². The first-order valence-corrected chi connectivity index (χ1v) is 5.79. The number of hydrogen-bond acceptors (Lipinski definition) is 2. The Morgan fingerprint density at radius 2 is 2.14 bits per heavy atom. The van der Waals surface area contributed by atoms with Gasteiger partial charge >= 0.3 is 0 Å². The third kappa shape index (κ3) is 1.92. The predicted molar refractivity (Wildman–Crippen MR) is 56.0 cm³/mol. The van der Waals surface area contributed by atoms with Crippen LogP contribution in [-0.4, -0.2) is 36.5 Å². The molecular formula is C11H20N2O. The van der Waals surface area contributed by atoms with Gasteiger partial charge in [0.05, 0.1) is 6.54 Å². The summed E-state index contributed by atoms with van der Waals surface area (Å²) in [6.45, 7) is 4.71. The summed E-state index contributed by atoms with van der Waals surface area (Å²) >= 11 is 0. The third-order valence-electron chi connectivity index (χ3n) is 3.59. The average Bonchev–Trinajstić information content (AvgIpc) is 2.20. The molecule has 3 nitrogen and oxygen atoms in total. The first-order valence-electron chi connectivity index (χ1n) is 5.79. The van der Waals surface area contributed by atoms with Gasteiger partial charge in [0.1, 0.15) is 0 Å². The summed E-state index contributed by atoms with van der Waals surface area (Å²) in [4.78, 5) is 13.8. The van der Waals surface area contributed by atoms with Crippen molar-refractivity contribution in [1.29, 1.82) is 0 Å². The van der Waals surface area contributed by atoms with Crippen LogP contribution in [0.3, 0.4) is 0 Å². The third-order valence-corrected chi connectivity index (χ3v) is 3.59. The molecule has 0 aromatic heterocycles. The molecule has 0 radical (unpaired) electrons. The van der Waals surface area contributed by atoms with Gasteiger partial charge in [0.15, 0.2) is 0 Å². The van der Waals surface area contributed by atoms with E-state index in [1.807, 2.05) is 0 Å². The smallest absolute Gasteiger partial charge is 0.236 e. The zero-order valence-electron chi connectivity index (χ0n) is 8.96. The summed E-state index contributed by atoms with van der Waals surface area (Å²) in [5, 5.41) is 3.13. The number of nitrogens with one attached hydrogen (secondary N) is 1. The molecule has 0 bridgehead atoms. The molecule has 1 saturated carbocycles. The fraction of sp³-hybridized carbons (Fsp3) is 0.909. The Hall–Kier alpha value is -0.570. The maximum Gasteiger partial charge on any atom is 0.236 e. The highest BCUT2D eigenvalue weighted by atomic mass is 16.2. The highest BCUT2D eigenvalue weighted by molar-refractivity contribution is 5.79. The Balaban J connectivity index is 2.00. The monoisotopic (exact) mass is 196 g/mol. The molecule has 80 valence electrons. The Morgan fingerprint density at radius 1 is 1.36 bits per heavy atom. The number of carbonyl (C=O) groups excluding carboxylic acids is 1. The Kier molecular flexibility index (Phi) is 3.06. The van der Waals surface area contributed by atoms with Gasteiger partial charge in [-0.15, -0.1) is 0 Å². The molecule has 2 rings (SSSR count). The lowest BCUT2D eigenvalue weighted by molar-refractivity contribution is -0.136. The normalized spacial score (nSPS) is 34.6. The van der Waals surface area contributed by atoms with Gasteiger partial charge < -0.3 is 10.2 Å². The van der Waals surface area contributed by atoms with E-state index in [1.165, 1.54) is 25.7 Å². The van der Waals surface area contributed by atoms with Crippen molar-refractivity contribution in [2.45, 2.75) is 38.6 Å². The molecule has 1 heterocycles. The summed E-state index contributed by atoms with van der Waals surface area (Å²) < 4.78 is 0. The zero-order valence-corrected chi connectivity index (χ0v) is 8.96. The van der Waals surface area contributed by atoms with E-state index in [0.29, 0.717) is 24.4 Å². The molecule has 2 atom stereocenters. The lowest BCUT2D eigenvalue weighted by Crippen LogP contribution is -2.54. The number of hydrogen-bond donors (Lipinski definition) is 1. The summed E-state index contributed by atoms with van der Waals surface area (Å²) in [5.74, 6) is 1.00. The summed E-state index contributed by atoms with van der Waals surface area (Å²) in [6, 6.07) is 0.526. The number of piperazine rings is 1. The van der Waals surface area contributed by atoms with Crippen LogP contribution in [-0.2, 0) is 4.79 Å². The molecule has 2 unspecified atom stereocenters. The maximum absolute atomic E-state index is 11.7. The molecule has 3 heteroatoms. The molecule has 1 amide bonds. The van der Waals surface area contributed by atoms with Gasteiger partial charge in [-0.05, 0) is 18.8 Å². The minimum absolute atomic E-state index is 0.301. The van der Waals surface area contributed by atoms with E-state index in [-0.39, 0.29) is 0 Å². The predicted octanol–water partition coefficient (Wildman–Crippen LogP) is 0.997. The quantitative estimate of drug-likeness (QED) is 0.678. The van der Waals surface area contributed by atoms with Crippen molar-refractivity contribution in [3.05, 3.63) is 0 Å². The second kappa shape index (κ2) is 4.30. The van der Waals surface area contributed by atoms with Crippen LogP contribution in [0.25, 0.3) is 0 Å². The van der Waals surface area contributed by atoms with Crippen LogP contribution < -0.4 is 5.32 Å². The van der Waals surface area contributed by atoms with Crippen LogP contribution in [0.15, 0.2) is 0 Å². The molecule has 1 aliphatic heterocycles. The fourth-order valence-electron chi connectivity index (χ4n) is 2.73. The first-order chi connectivity index (χ1) is 6.79. The largest absolute Gasteiger partial charge is 0.337 e.